The molecule has 3 aromatic rings. The number of hydrogen-bond acceptors (Lipinski definition) is 4. The fourth-order valence-electron chi connectivity index (χ4n) is 2.16. The summed E-state index contributed by atoms with van der Waals surface area (Å²) >= 11 is 0. The third-order valence-corrected chi connectivity index (χ3v) is 3.30. The molecule has 0 saturated carbocycles. The van der Waals surface area contributed by atoms with E-state index in [4.69, 9.17) is 5.73 Å². The molecule has 5 nitrogen and oxygen atoms in total. The molecule has 0 spiro atoms. The van der Waals surface area contributed by atoms with Crippen molar-refractivity contribution in [3.63, 3.8) is 0 Å². The number of nitrogens with two attached hydrogens (primary N) is 1. The van der Waals surface area contributed by atoms with E-state index in [0.29, 0.717) is 6.07 Å². The number of rotatable bonds is 2. The van der Waals surface area contributed by atoms with Gasteiger partial charge in [-0.1, -0.05) is 6.07 Å². The molecule has 0 fully saturated rings. The lowest BCUT2D eigenvalue weighted by Gasteiger charge is -2.10. The Balaban J connectivity index is 2.22. The molecule has 2 N–H and O–H groups in total. The first-order valence-electron chi connectivity index (χ1n) is 6.55. The second-order valence-corrected chi connectivity index (χ2v) is 4.87. The number of fused-ring (bicyclic) bond motifs is 1. The molecule has 9 heteroatoms. The number of pyridine rings is 1. The second-order valence-electron chi connectivity index (χ2n) is 4.87. The highest BCUT2D eigenvalue weighted by Crippen LogP contribution is 2.34. The van der Waals surface area contributed by atoms with Gasteiger partial charge in [0.1, 0.15) is 22.5 Å². The van der Waals surface area contributed by atoms with Gasteiger partial charge in [-0.15, -0.1) is 0 Å². The van der Waals surface area contributed by atoms with Gasteiger partial charge in [-0.2, -0.15) is 13.2 Å². The van der Waals surface area contributed by atoms with Gasteiger partial charge >= 0.3 is 6.18 Å². The molecule has 0 aliphatic rings. The van der Waals surface area contributed by atoms with Gasteiger partial charge in [-0.3, -0.25) is 14.8 Å². The number of primary amides is 1. The Morgan fingerprint density at radius 2 is 1.83 bits per heavy atom. The van der Waals surface area contributed by atoms with Gasteiger partial charge in [0.25, 0.3) is 5.91 Å². The lowest BCUT2D eigenvalue weighted by molar-refractivity contribution is -0.137. The van der Waals surface area contributed by atoms with Crippen LogP contribution in [-0.4, -0.2) is 20.9 Å². The van der Waals surface area contributed by atoms with Gasteiger partial charge in [0.15, 0.2) is 0 Å². The Bertz CT molecular complexity index is 956. The Hall–Kier alpha value is -3.10. The Morgan fingerprint density at radius 3 is 2.46 bits per heavy atom. The van der Waals surface area contributed by atoms with Crippen LogP contribution in [0.1, 0.15) is 16.1 Å². The van der Waals surface area contributed by atoms with Crippen molar-refractivity contribution in [2.45, 2.75) is 6.18 Å². The maximum atomic E-state index is 14.2. The summed E-state index contributed by atoms with van der Waals surface area (Å²) in [4.78, 5) is 23.0. The third-order valence-electron chi connectivity index (χ3n) is 3.30. The first-order chi connectivity index (χ1) is 11.3. The summed E-state index contributed by atoms with van der Waals surface area (Å²) in [6, 6.07) is 2.12. The molecule has 1 aromatic carbocycles. The summed E-state index contributed by atoms with van der Waals surface area (Å²) in [7, 11) is 0. The van der Waals surface area contributed by atoms with Crippen LogP contribution in [0.4, 0.5) is 17.6 Å². The standard InChI is InChI=1S/C15H8F4N4O/c16-10-3-7(15(17,18)19)1-2-8(10)9-4-21-5-11-13(9)23-12(6-22-11)14(20)24/h1-6H,(H2,20,24). The maximum absolute atomic E-state index is 14.2. The highest BCUT2D eigenvalue weighted by molar-refractivity contribution is 5.96. The van der Waals surface area contributed by atoms with E-state index in [0.717, 1.165) is 18.3 Å². The van der Waals surface area contributed by atoms with E-state index in [1.54, 1.807) is 0 Å². The van der Waals surface area contributed by atoms with Crippen LogP contribution in [0, 0.1) is 5.82 Å². The summed E-state index contributed by atoms with van der Waals surface area (Å²) in [5, 5.41) is 0. The van der Waals surface area contributed by atoms with Crippen LogP contribution in [0.25, 0.3) is 22.2 Å². The lowest BCUT2D eigenvalue weighted by Crippen LogP contribution is -2.13. The Labute approximate surface area is 132 Å². The summed E-state index contributed by atoms with van der Waals surface area (Å²) in [6.45, 7) is 0. The molecule has 122 valence electrons. The van der Waals surface area contributed by atoms with E-state index in [2.05, 4.69) is 15.0 Å². The molecule has 0 aliphatic carbocycles. The van der Waals surface area contributed by atoms with E-state index in [1.165, 1.54) is 12.4 Å². The number of aromatic nitrogens is 3. The van der Waals surface area contributed by atoms with Crippen molar-refractivity contribution in [2.75, 3.05) is 0 Å². The predicted octanol–water partition coefficient (Wildman–Crippen LogP) is 2.95. The molecule has 1 amide bonds. The molecule has 0 bridgehead atoms. The lowest BCUT2D eigenvalue weighted by atomic mass is 10.0. The number of carbonyl (C=O) groups excluding carboxylic acids is 1. The summed E-state index contributed by atoms with van der Waals surface area (Å²) in [5.74, 6) is -1.93. The molecule has 0 aliphatic heterocycles. The molecule has 24 heavy (non-hydrogen) atoms. The Morgan fingerprint density at radius 1 is 1.08 bits per heavy atom. The van der Waals surface area contributed by atoms with E-state index in [1.807, 2.05) is 0 Å². The number of nitrogens with zero attached hydrogens (tertiary/aromatic N) is 3. The van der Waals surface area contributed by atoms with Gasteiger partial charge in [0.2, 0.25) is 0 Å². The van der Waals surface area contributed by atoms with E-state index in [9.17, 15) is 22.4 Å². The average Bonchev–Trinajstić information content (AvgIpc) is 2.53. The highest BCUT2D eigenvalue weighted by Gasteiger charge is 2.31. The van der Waals surface area contributed by atoms with Crippen molar-refractivity contribution in [3.05, 3.63) is 53.9 Å². The van der Waals surface area contributed by atoms with Gasteiger partial charge in [-0.05, 0) is 12.1 Å². The second kappa shape index (κ2) is 5.52. The van der Waals surface area contributed by atoms with Crippen molar-refractivity contribution in [1.82, 2.24) is 15.0 Å². The molecule has 3 rings (SSSR count). The summed E-state index contributed by atoms with van der Waals surface area (Å²) in [6.07, 6.45) is -0.958. The first-order valence-corrected chi connectivity index (χ1v) is 6.55. The molecule has 0 atom stereocenters. The van der Waals surface area contributed by atoms with Gasteiger partial charge in [0.05, 0.1) is 18.0 Å². The predicted molar refractivity (Wildman–Crippen MR) is 76.2 cm³/mol. The first kappa shape index (κ1) is 15.8. The van der Waals surface area contributed by atoms with Crippen LogP contribution in [0.5, 0.6) is 0 Å². The molecular formula is C15H8F4N4O. The van der Waals surface area contributed by atoms with Crippen LogP contribution >= 0.6 is 0 Å². The topological polar surface area (TPSA) is 81.8 Å². The monoisotopic (exact) mass is 336 g/mol. The number of amides is 1. The largest absolute Gasteiger partial charge is 0.416 e. The average molecular weight is 336 g/mol. The molecular weight excluding hydrogens is 328 g/mol. The SMILES string of the molecule is NC(=O)c1cnc2cncc(-c3ccc(C(F)(F)F)cc3F)c2n1. The van der Waals surface area contributed by atoms with Crippen LogP contribution in [0.2, 0.25) is 0 Å². The van der Waals surface area contributed by atoms with Gasteiger partial charge < -0.3 is 5.73 Å². The third kappa shape index (κ3) is 2.75. The van der Waals surface area contributed by atoms with Crippen molar-refractivity contribution in [1.29, 1.82) is 0 Å². The normalized spacial score (nSPS) is 11.7. The number of alkyl halides is 3. The zero-order chi connectivity index (χ0) is 17.5. The Kier molecular flexibility index (Phi) is 3.63. The van der Waals surface area contributed by atoms with Crippen molar-refractivity contribution in [3.8, 4) is 11.1 Å². The minimum atomic E-state index is -4.66. The minimum Gasteiger partial charge on any atom is -0.364 e. The number of benzene rings is 1. The van der Waals surface area contributed by atoms with Gasteiger partial charge in [0, 0.05) is 17.3 Å². The highest BCUT2D eigenvalue weighted by atomic mass is 19.4. The minimum absolute atomic E-state index is 0.106. The smallest absolute Gasteiger partial charge is 0.364 e. The van der Waals surface area contributed by atoms with E-state index >= 15 is 0 Å². The van der Waals surface area contributed by atoms with Crippen LogP contribution < -0.4 is 5.73 Å². The van der Waals surface area contributed by atoms with Crippen LogP contribution in [0.3, 0.4) is 0 Å². The van der Waals surface area contributed by atoms with Crippen LogP contribution in [-0.2, 0) is 6.18 Å². The molecule has 0 radical (unpaired) electrons. The van der Waals surface area contributed by atoms with E-state index in [-0.39, 0.29) is 27.9 Å². The van der Waals surface area contributed by atoms with Crippen LogP contribution in [0.15, 0.2) is 36.8 Å². The van der Waals surface area contributed by atoms with Crippen molar-refractivity contribution >= 4 is 16.9 Å². The number of halogens is 4. The zero-order valence-corrected chi connectivity index (χ0v) is 11.8. The number of hydrogen-bond donors (Lipinski definition) is 1. The summed E-state index contributed by atoms with van der Waals surface area (Å²) < 4.78 is 52.1. The quantitative estimate of drug-likeness (QED) is 0.730. The van der Waals surface area contributed by atoms with Crippen molar-refractivity contribution in [2.24, 2.45) is 5.73 Å². The van der Waals surface area contributed by atoms with E-state index < -0.39 is 23.5 Å². The zero-order valence-electron chi connectivity index (χ0n) is 11.8. The fourth-order valence-corrected chi connectivity index (χ4v) is 2.16. The molecule has 2 heterocycles. The fraction of sp³-hybridized carbons (Fsp3) is 0.0667. The maximum Gasteiger partial charge on any atom is 0.416 e. The van der Waals surface area contributed by atoms with Gasteiger partial charge in [-0.25, -0.2) is 9.37 Å². The molecule has 0 unspecified atom stereocenters. The molecule has 2 aromatic heterocycles. The summed E-state index contributed by atoms with van der Waals surface area (Å²) in [5.41, 5.74) is 4.20. The van der Waals surface area contributed by atoms with Crippen molar-refractivity contribution < 1.29 is 22.4 Å². The molecule has 0 saturated heterocycles. The number of carbonyl (C=O) groups is 1.